The molecule has 0 aromatic carbocycles. The Balaban J connectivity index is 2.38. The predicted octanol–water partition coefficient (Wildman–Crippen LogP) is 0.785. The average Bonchev–Trinajstić information content (AvgIpc) is 2.18. The number of carbonyl (C=O) groups excluding carboxylic acids is 1. The molecule has 1 aromatic heterocycles. The van der Waals surface area contributed by atoms with Crippen molar-refractivity contribution in [2.45, 2.75) is 13.3 Å². The zero-order valence-corrected chi connectivity index (χ0v) is 8.66. The molecular weight excluding hydrogens is 190 g/mol. The molecule has 0 aliphatic heterocycles. The van der Waals surface area contributed by atoms with Gasteiger partial charge in [-0.2, -0.15) is 0 Å². The Morgan fingerprint density at radius 3 is 3.20 bits per heavy atom. The molecule has 1 aromatic rings. The molecule has 1 rings (SSSR count). The maximum atomic E-state index is 11.0. The molecule has 0 spiro atoms. The molecule has 78 valence electrons. The summed E-state index contributed by atoms with van der Waals surface area (Å²) in [6.45, 7) is 5.70. The van der Waals surface area contributed by atoms with E-state index in [0.717, 1.165) is 11.5 Å². The van der Waals surface area contributed by atoms with E-state index < -0.39 is 0 Å². The summed E-state index contributed by atoms with van der Waals surface area (Å²) in [7, 11) is 0. The number of carbonyl (C=O) groups is 1. The number of hydrogen-bond donors (Lipinski definition) is 1. The van der Waals surface area contributed by atoms with E-state index in [9.17, 15) is 4.79 Å². The first-order chi connectivity index (χ1) is 7.22. The normalized spacial score (nSPS) is 9.13. The summed E-state index contributed by atoms with van der Waals surface area (Å²) in [5.74, 6) is 0.556. The van der Waals surface area contributed by atoms with Crippen LogP contribution in [0.2, 0.25) is 0 Å². The third-order valence-corrected chi connectivity index (χ3v) is 1.75. The second-order valence-electron chi connectivity index (χ2n) is 2.98. The Bertz CT molecular complexity index is 395. The summed E-state index contributed by atoms with van der Waals surface area (Å²) in [4.78, 5) is 19.2. The molecule has 15 heavy (non-hydrogen) atoms. The number of nitrogens with one attached hydrogen (secondary N) is 1. The second kappa shape index (κ2) is 5.73. The molecule has 0 aliphatic carbocycles. The minimum Gasteiger partial charge on any atom is -0.352 e. The molecule has 1 amide bonds. The van der Waals surface area contributed by atoms with Crippen LogP contribution >= 0.6 is 0 Å². The lowest BCUT2D eigenvalue weighted by Gasteiger charge is -2.01. The standard InChI is InChI=1S/C11H13N3O/c1-3-4-11(15)13-8-6-10-5-7-12-9(2)14-10/h4-5,7H,1,6,8H2,2H3,(H,13,15). The van der Waals surface area contributed by atoms with Crippen molar-refractivity contribution < 1.29 is 4.79 Å². The van der Waals surface area contributed by atoms with Crippen molar-refractivity contribution in [2.24, 2.45) is 0 Å². The van der Waals surface area contributed by atoms with Crippen LogP contribution in [0, 0.1) is 6.92 Å². The smallest absolute Gasteiger partial charge is 0.251 e. The van der Waals surface area contributed by atoms with Crippen LogP contribution in [0.5, 0.6) is 0 Å². The SMILES string of the molecule is C=C=CC(=O)NCCc1ccnc(C)n1. The predicted molar refractivity (Wildman–Crippen MR) is 57.2 cm³/mol. The largest absolute Gasteiger partial charge is 0.352 e. The van der Waals surface area contributed by atoms with Crippen LogP contribution in [0.3, 0.4) is 0 Å². The second-order valence-corrected chi connectivity index (χ2v) is 2.98. The van der Waals surface area contributed by atoms with Crippen LogP contribution in [-0.2, 0) is 11.2 Å². The summed E-state index contributed by atoms with van der Waals surface area (Å²) in [5, 5.41) is 2.69. The van der Waals surface area contributed by atoms with Crippen LogP contribution < -0.4 is 5.32 Å². The third kappa shape index (κ3) is 4.20. The molecule has 1 N–H and O–H groups in total. The van der Waals surface area contributed by atoms with Crippen molar-refractivity contribution in [1.29, 1.82) is 0 Å². The molecule has 0 fully saturated rings. The Kier molecular flexibility index (Phi) is 4.26. The zero-order valence-electron chi connectivity index (χ0n) is 8.66. The highest BCUT2D eigenvalue weighted by molar-refractivity contribution is 5.87. The Morgan fingerprint density at radius 2 is 2.53 bits per heavy atom. The van der Waals surface area contributed by atoms with Crippen molar-refractivity contribution in [1.82, 2.24) is 15.3 Å². The first kappa shape index (κ1) is 11.1. The summed E-state index contributed by atoms with van der Waals surface area (Å²) in [6, 6.07) is 1.84. The Labute approximate surface area is 88.8 Å². The molecule has 4 heteroatoms. The third-order valence-electron chi connectivity index (χ3n) is 1.75. The topological polar surface area (TPSA) is 54.9 Å². The number of rotatable bonds is 4. The monoisotopic (exact) mass is 203 g/mol. The highest BCUT2D eigenvalue weighted by Gasteiger charge is 1.97. The minimum atomic E-state index is -0.184. The van der Waals surface area contributed by atoms with Crippen LogP contribution in [0.1, 0.15) is 11.5 Å². The molecule has 0 atom stereocenters. The molecule has 4 nitrogen and oxygen atoms in total. The zero-order chi connectivity index (χ0) is 11.1. The first-order valence-corrected chi connectivity index (χ1v) is 4.64. The fourth-order valence-electron chi connectivity index (χ4n) is 1.10. The van der Waals surface area contributed by atoms with Crippen LogP contribution in [-0.4, -0.2) is 22.4 Å². The molecule has 0 aliphatic rings. The van der Waals surface area contributed by atoms with Gasteiger partial charge in [-0.05, 0) is 13.0 Å². The van der Waals surface area contributed by atoms with E-state index >= 15 is 0 Å². The van der Waals surface area contributed by atoms with Crippen molar-refractivity contribution in [3.05, 3.63) is 42.2 Å². The highest BCUT2D eigenvalue weighted by Crippen LogP contribution is 1.94. The van der Waals surface area contributed by atoms with Crippen molar-refractivity contribution in [3.8, 4) is 0 Å². The number of aryl methyl sites for hydroxylation is 1. The van der Waals surface area contributed by atoms with E-state index in [0.29, 0.717) is 13.0 Å². The number of hydrogen-bond acceptors (Lipinski definition) is 3. The molecule has 0 radical (unpaired) electrons. The fraction of sp³-hybridized carbons (Fsp3) is 0.273. The van der Waals surface area contributed by atoms with Crippen LogP contribution in [0.25, 0.3) is 0 Å². The van der Waals surface area contributed by atoms with Gasteiger partial charge < -0.3 is 5.32 Å². The number of aromatic nitrogens is 2. The van der Waals surface area contributed by atoms with E-state index in [2.05, 4.69) is 27.6 Å². The van der Waals surface area contributed by atoms with Gasteiger partial charge in [-0.25, -0.2) is 9.97 Å². The Morgan fingerprint density at radius 1 is 1.73 bits per heavy atom. The molecular formula is C11H13N3O. The van der Waals surface area contributed by atoms with Crippen molar-refractivity contribution >= 4 is 5.91 Å². The lowest BCUT2D eigenvalue weighted by Crippen LogP contribution is -2.23. The van der Waals surface area contributed by atoms with Gasteiger partial charge in [-0.3, -0.25) is 4.79 Å². The van der Waals surface area contributed by atoms with Gasteiger partial charge in [-0.15, -0.1) is 5.73 Å². The van der Waals surface area contributed by atoms with Crippen molar-refractivity contribution in [2.75, 3.05) is 6.54 Å². The summed E-state index contributed by atoms with van der Waals surface area (Å²) in [5.41, 5.74) is 3.33. The molecule has 0 unspecified atom stereocenters. The maximum Gasteiger partial charge on any atom is 0.251 e. The fourth-order valence-corrected chi connectivity index (χ4v) is 1.10. The van der Waals surface area contributed by atoms with E-state index in [1.165, 1.54) is 6.08 Å². The van der Waals surface area contributed by atoms with Gasteiger partial charge in [0.1, 0.15) is 5.82 Å². The average molecular weight is 203 g/mol. The van der Waals surface area contributed by atoms with E-state index in [-0.39, 0.29) is 5.91 Å². The summed E-state index contributed by atoms with van der Waals surface area (Å²) in [6.07, 6.45) is 3.68. The van der Waals surface area contributed by atoms with Gasteiger partial charge in [-0.1, -0.05) is 6.58 Å². The quantitative estimate of drug-likeness (QED) is 0.581. The van der Waals surface area contributed by atoms with Crippen molar-refractivity contribution in [3.63, 3.8) is 0 Å². The lowest BCUT2D eigenvalue weighted by atomic mass is 10.3. The van der Waals surface area contributed by atoms with Gasteiger partial charge in [0.15, 0.2) is 0 Å². The summed E-state index contributed by atoms with van der Waals surface area (Å²) < 4.78 is 0. The van der Waals surface area contributed by atoms with Gasteiger partial charge in [0.05, 0.1) is 0 Å². The van der Waals surface area contributed by atoms with E-state index in [1.54, 1.807) is 6.20 Å². The van der Waals surface area contributed by atoms with Gasteiger partial charge in [0.25, 0.3) is 5.91 Å². The number of amides is 1. The molecule has 0 saturated carbocycles. The molecule has 0 saturated heterocycles. The highest BCUT2D eigenvalue weighted by atomic mass is 16.1. The molecule has 1 heterocycles. The van der Waals surface area contributed by atoms with E-state index in [4.69, 9.17) is 0 Å². The van der Waals surface area contributed by atoms with Gasteiger partial charge in [0, 0.05) is 30.9 Å². The molecule has 0 bridgehead atoms. The van der Waals surface area contributed by atoms with Gasteiger partial charge in [0.2, 0.25) is 0 Å². The Hall–Kier alpha value is -1.93. The number of nitrogens with zero attached hydrogens (tertiary/aromatic N) is 2. The van der Waals surface area contributed by atoms with Crippen LogP contribution in [0.15, 0.2) is 30.6 Å². The van der Waals surface area contributed by atoms with Crippen LogP contribution in [0.4, 0.5) is 0 Å². The van der Waals surface area contributed by atoms with Gasteiger partial charge >= 0.3 is 0 Å². The minimum absolute atomic E-state index is 0.184. The lowest BCUT2D eigenvalue weighted by molar-refractivity contribution is -0.116. The first-order valence-electron chi connectivity index (χ1n) is 4.64. The maximum absolute atomic E-state index is 11.0. The summed E-state index contributed by atoms with van der Waals surface area (Å²) >= 11 is 0. The van der Waals surface area contributed by atoms with E-state index in [1.807, 2.05) is 13.0 Å².